The average Bonchev–Trinajstić information content (AvgIpc) is 3.18. The van der Waals surface area contributed by atoms with Crippen molar-refractivity contribution in [3.05, 3.63) is 36.5 Å². The van der Waals surface area contributed by atoms with E-state index in [1.807, 2.05) is 6.08 Å². The van der Waals surface area contributed by atoms with Crippen molar-refractivity contribution < 1.29 is 39.8 Å². The van der Waals surface area contributed by atoms with E-state index in [2.05, 4.69) is 43.5 Å². The van der Waals surface area contributed by atoms with Gasteiger partial charge in [-0.05, 0) is 44.9 Å². The van der Waals surface area contributed by atoms with E-state index in [0.717, 1.165) is 44.9 Å². The Morgan fingerprint density at radius 1 is 0.600 bits per heavy atom. The number of carbonyl (C=O) groups is 1. The molecule has 9 nitrogen and oxygen atoms in total. The third kappa shape index (κ3) is 27.6. The lowest BCUT2D eigenvalue weighted by molar-refractivity contribution is -0.302. The lowest BCUT2D eigenvalue weighted by Crippen LogP contribution is -2.60. The summed E-state index contributed by atoms with van der Waals surface area (Å²) >= 11 is 0. The maximum Gasteiger partial charge on any atom is 0.220 e. The molecule has 7 unspecified atom stereocenters. The summed E-state index contributed by atoms with van der Waals surface area (Å²) in [4.78, 5) is 12.9. The highest BCUT2D eigenvalue weighted by Gasteiger charge is 2.44. The number of rotatable bonds is 37. The van der Waals surface area contributed by atoms with Gasteiger partial charge < -0.3 is 40.3 Å². The summed E-state index contributed by atoms with van der Waals surface area (Å²) in [6.07, 6.45) is 37.6. The van der Waals surface area contributed by atoms with Crippen molar-refractivity contribution >= 4 is 5.91 Å². The molecule has 0 saturated carbocycles. The molecule has 1 fully saturated rings. The van der Waals surface area contributed by atoms with E-state index >= 15 is 0 Å². The fourth-order valence-electron chi connectivity index (χ4n) is 7.01. The fourth-order valence-corrected chi connectivity index (χ4v) is 7.01. The van der Waals surface area contributed by atoms with Crippen LogP contribution >= 0.6 is 0 Å². The van der Waals surface area contributed by atoms with Gasteiger partial charge in [0.2, 0.25) is 5.91 Å². The number of nitrogens with one attached hydrogen (secondary N) is 1. The van der Waals surface area contributed by atoms with Crippen molar-refractivity contribution in [3.63, 3.8) is 0 Å². The number of hydrogen-bond acceptors (Lipinski definition) is 8. The Balaban J connectivity index is 2.40. The number of aliphatic hydroxyl groups excluding tert-OH is 5. The minimum absolute atomic E-state index is 0.192. The molecule has 1 amide bonds. The van der Waals surface area contributed by atoms with E-state index in [1.165, 1.54) is 128 Å². The van der Waals surface area contributed by atoms with Gasteiger partial charge in [0.25, 0.3) is 0 Å². The maximum atomic E-state index is 12.9. The van der Waals surface area contributed by atoms with Gasteiger partial charge in [0, 0.05) is 6.42 Å². The van der Waals surface area contributed by atoms with Crippen molar-refractivity contribution in [1.29, 1.82) is 0 Å². The summed E-state index contributed by atoms with van der Waals surface area (Å²) in [7, 11) is 0. The molecular weight excluding hydrogens is 695 g/mol. The van der Waals surface area contributed by atoms with Gasteiger partial charge in [-0.1, -0.05) is 179 Å². The van der Waals surface area contributed by atoms with Gasteiger partial charge in [0.1, 0.15) is 24.4 Å². The van der Waals surface area contributed by atoms with Gasteiger partial charge in [0.15, 0.2) is 6.29 Å². The van der Waals surface area contributed by atoms with Crippen LogP contribution in [0.25, 0.3) is 0 Å². The highest BCUT2D eigenvalue weighted by atomic mass is 16.7. The van der Waals surface area contributed by atoms with Crippen LogP contribution in [0.4, 0.5) is 0 Å². The molecule has 55 heavy (non-hydrogen) atoms. The molecule has 322 valence electrons. The summed E-state index contributed by atoms with van der Waals surface area (Å²) in [6, 6.07) is -0.823. The molecule has 6 N–H and O–H groups in total. The van der Waals surface area contributed by atoms with Crippen molar-refractivity contribution in [2.75, 3.05) is 13.2 Å². The Labute approximate surface area is 336 Å². The molecule has 0 spiro atoms. The molecule has 1 aliphatic rings. The second kappa shape index (κ2) is 36.7. The van der Waals surface area contributed by atoms with Crippen LogP contribution in [0.1, 0.15) is 194 Å². The van der Waals surface area contributed by atoms with Crippen LogP contribution in [0.15, 0.2) is 36.5 Å². The molecule has 1 aliphatic heterocycles. The van der Waals surface area contributed by atoms with Crippen LogP contribution in [-0.2, 0) is 14.3 Å². The first-order chi connectivity index (χ1) is 26.8. The standard InChI is InChI=1S/C46H85NO8/c1-3-5-7-9-11-13-15-17-18-19-20-21-22-23-24-25-27-29-31-33-35-40(49)39(38-54-46-45(53)44(52)43(51)41(37-48)55-46)47-42(50)36-34-32-30-28-26-16-14-12-10-8-6-4-2/h21-22,25,27,33,35,39-41,43-46,48-49,51-53H,3-20,23-24,26,28-32,34,36-38H2,1-2H3,(H,47,50)/b22-21+,27-25+,35-33+. The first-order valence-corrected chi connectivity index (χ1v) is 22.7. The van der Waals surface area contributed by atoms with Gasteiger partial charge in [-0.25, -0.2) is 0 Å². The van der Waals surface area contributed by atoms with Crippen LogP contribution in [0.2, 0.25) is 0 Å². The lowest BCUT2D eigenvalue weighted by Gasteiger charge is -2.40. The van der Waals surface area contributed by atoms with E-state index in [9.17, 15) is 30.3 Å². The lowest BCUT2D eigenvalue weighted by atomic mass is 9.99. The molecule has 0 aromatic carbocycles. The van der Waals surface area contributed by atoms with Crippen molar-refractivity contribution in [2.45, 2.75) is 236 Å². The van der Waals surface area contributed by atoms with Crippen LogP contribution in [0, 0.1) is 0 Å². The third-order valence-corrected chi connectivity index (χ3v) is 10.7. The fraction of sp³-hybridized carbons (Fsp3) is 0.848. The van der Waals surface area contributed by atoms with Crippen molar-refractivity contribution in [3.8, 4) is 0 Å². The SMILES string of the molecule is CCCCCCCCCCCC/C=C/CC/C=C/CC/C=C/C(O)C(COC1OC(CO)C(O)C(O)C1O)NC(=O)CCCCCCCCCCCCCC. The van der Waals surface area contributed by atoms with Crippen LogP contribution in [0.5, 0.6) is 0 Å². The summed E-state index contributed by atoms with van der Waals surface area (Å²) in [5.41, 5.74) is 0. The van der Waals surface area contributed by atoms with E-state index in [4.69, 9.17) is 9.47 Å². The number of carbonyl (C=O) groups excluding carboxylic acids is 1. The second-order valence-electron chi connectivity index (χ2n) is 15.8. The molecule has 9 heteroatoms. The topological polar surface area (TPSA) is 149 Å². The second-order valence-corrected chi connectivity index (χ2v) is 15.8. The minimum atomic E-state index is -1.57. The Morgan fingerprint density at radius 2 is 1.04 bits per heavy atom. The van der Waals surface area contributed by atoms with E-state index in [-0.39, 0.29) is 12.5 Å². The number of aliphatic hydroxyl groups is 5. The number of ether oxygens (including phenoxy) is 2. The summed E-state index contributed by atoms with van der Waals surface area (Å²) in [5, 5.41) is 54.1. The Morgan fingerprint density at radius 3 is 1.53 bits per heavy atom. The van der Waals surface area contributed by atoms with E-state index < -0.39 is 49.5 Å². The van der Waals surface area contributed by atoms with Crippen LogP contribution in [-0.4, -0.2) is 87.5 Å². The molecule has 7 atom stereocenters. The monoisotopic (exact) mass is 780 g/mol. The normalized spacial score (nSPS) is 21.6. The zero-order valence-electron chi connectivity index (χ0n) is 35.2. The van der Waals surface area contributed by atoms with Crippen LogP contribution < -0.4 is 5.32 Å². The van der Waals surface area contributed by atoms with Crippen LogP contribution in [0.3, 0.4) is 0 Å². The zero-order valence-corrected chi connectivity index (χ0v) is 35.2. The maximum absolute atomic E-state index is 12.9. The Hall–Kier alpha value is -1.59. The Kier molecular flexibility index (Phi) is 34.3. The molecule has 1 heterocycles. The molecule has 0 radical (unpaired) electrons. The zero-order chi connectivity index (χ0) is 40.2. The predicted octanol–water partition coefficient (Wildman–Crippen LogP) is 9.28. The number of allylic oxidation sites excluding steroid dienone is 5. The molecule has 0 bridgehead atoms. The predicted molar refractivity (Wildman–Crippen MR) is 226 cm³/mol. The van der Waals surface area contributed by atoms with Gasteiger partial charge in [-0.15, -0.1) is 0 Å². The molecule has 1 saturated heterocycles. The largest absolute Gasteiger partial charge is 0.394 e. The molecule has 0 aliphatic carbocycles. The summed E-state index contributed by atoms with van der Waals surface area (Å²) in [6.45, 7) is 3.74. The highest BCUT2D eigenvalue weighted by Crippen LogP contribution is 2.22. The number of amides is 1. The van der Waals surface area contributed by atoms with Gasteiger partial charge in [0.05, 0.1) is 25.4 Å². The summed E-state index contributed by atoms with van der Waals surface area (Å²) < 4.78 is 11.2. The average molecular weight is 780 g/mol. The smallest absolute Gasteiger partial charge is 0.220 e. The van der Waals surface area contributed by atoms with Gasteiger partial charge in [-0.2, -0.15) is 0 Å². The van der Waals surface area contributed by atoms with E-state index in [1.54, 1.807) is 6.08 Å². The van der Waals surface area contributed by atoms with Gasteiger partial charge >= 0.3 is 0 Å². The number of hydrogen-bond donors (Lipinski definition) is 6. The summed E-state index contributed by atoms with van der Waals surface area (Å²) in [5.74, 6) is -0.192. The van der Waals surface area contributed by atoms with Crippen molar-refractivity contribution in [2.24, 2.45) is 0 Å². The molecule has 0 aromatic heterocycles. The van der Waals surface area contributed by atoms with E-state index in [0.29, 0.717) is 6.42 Å². The molecule has 0 aromatic rings. The molecular formula is C46H85NO8. The van der Waals surface area contributed by atoms with Crippen molar-refractivity contribution in [1.82, 2.24) is 5.32 Å². The first-order valence-electron chi connectivity index (χ1n) is 22.7. The first kappa shape index (κ1) is 51.4. The quantitative estimate of drug-likeness (QED) is 0.0270. The Bertz CT molecular complexity index is 956. The molecule has 1 rings (SSSR count). The third-order valence-electron chi connectivity index (χ3n) is 10.7. The minimum Gasteiger partial charge on any atom is -0.394 e. The highest BCUT2D eigenvalue weighted by molar-refractivity contribution is 5.76. The number of unbranched alkanes of at least 4 members (excludes halogenated alkanes) is 23. The van der Waals surface area contributed by atoms with Gasteiger partial charge in [-0.3, -0.25) is 4.79 Å².